The van der Waals surface area contributed by atoms with Gasteiger partial charge in [-0.1, -0.05) is 38.9 Å². The van der Waals surface area contributed by atoms with Crippen molar-refractivity contribution in [1.82, 2.24) is 65.9 Å². The summed E-state index contributed by atoms with van der Waals surface area (Å²) in [7, 11) is 3.33. The number of hydrogen-bond donors (Lipinski definition) is 10. The SMILES string of the molecule is CC(=O)NC1C(O)OC(C)(COCCOCCOCCOCCn2cc(COCC(COCc3cn(CCOCCOCCOCCOCC45COC(CC(O)C4O)O5)nn3)(COCc3cn(CCOCCOCCOCCOCC45COC(O4)C(NC(C)=O)C(O)C5O)nn3)NC(=O)CCCCCSSc3ccccn3)nn2)C(O)C1O. The van der Waals surface area contributed by atoms with Gasteiger partial charge in [0.15, 0.2) is 18.9 Å². The molecule has 4 aromatic heterocycles. The second kappa shape index (κ2) is 52.3. The van der Waals surface area contributed by atoms with Gasteiger partial charge in [-0.15, -0.1) is 15.3 Å². The number of pyridine rings is 1. The average Bonchev–Trinajstić information content (AvgIpc) is 1.56. The van der Waals surface area contributed by atoms with Crippen molar-refractivity contribution in [3.05, 3.63) is 60.1 Å². The number of ether oxygens (including phenoxy) is 20. The van der Waals surface area contributed by atoms with Crippen LogP contribution in [-0.2, 0) is 149 Å². The van der Waals surface area contributed by atoms with Crippen molar-refractivity contribution in [1.29, 1.82) is 0 Å². The Morgan fingerprint density at radius 1 is 0.508 bits per heavy atom. The Kier molecular flexibility index (Phi) is 42.7. The first-order valence-corrected chi connectivity index (χ1v) is 42.0. The first-order chi connectivity index (χ1) is 57.3. The molecule has 0 saturated carbocycles. The van der Waals surface area contributed by atoms with Crippen LogP contribution < -0.4 is 16.0 Å². The number of fused-ring (bicyclic) bond motifs is 4. The van der Waals surface area contributed by atoms with Crippen LogP contribution in [0.4, 0.5) is 0 Å². The fourth-order valence-corrected chi connectivity index (χ4v) is 15.0. The largest absolute Gasteiger partial charge is 0.390 e. The van der Waals surface area contributed by atoms with E-state index in [1.807, 2.05) is 18.2 Å². The van der Waals surface area contributed by atoms with Gasteiger partial charge in [0.1, 0.15) is 87.1 Å². The van der Waals surface area contributed by atoms with Crippen LogP contribution in [0, 0.1) is 0 Å². The predicted octanol–water partition coefficient (Wildman–Crippen LogP) is -3.22. The molecule has 43 nitrogen and oxygen atoms in total. The quantitative estimate of drug-likeness (QED) is 0.0154. The van der Waals surface area contributed by atoms with Crippen LogP contribution in [0.25, 0.3) is 0 Å². The van der Waals surface area contributed by atoms with Gasteiger partial charge in [-0.25, -0.2) is 19.0 Å². The zero-order valence-corrected chi connectivity index (χ0v) is 68.8. The zero-order valence-electron chi connectivity index (χ0n) is 67.2. The average molecular weight is 1720 g/mol. The highest BCUT2D eigenvalue weighted by Crippen LogP contribution is 2.39. The van der Waals surface area contributed by atoms with E-state index in [0.717, 1.165) is 23.6 Å². The summed E-state index contributed by atoms with van der Waals surface area (Å²) >= 11 is 0. The van der Waals surface area contributed by atoms with E-state index < -0.39 is 95.8 Å². The summed E-state index contributed by atoms with van der Waals surface area (Å²) in [5.41, 5.74) is -3.49. The fourth-order valence-electron chi connectivity index (χ4n) is 12.9. The lowest BCUT2D eigenvalue weighted by Gasteiger charge is -2.46. The lowest BCUT2D eigenvalue weighted by Crippen LogP contribution is -2.68. The summed E-state index contributed by atoms with van der Waals surface area (Å²) in [6.07, 6.45) is -0.837. The highest BCUT2D eigenvalue weighted by Gasteiger charge is 2.60. The summed E-state index contributed by atoms with van der Waals surface area (Å²) < 4.78 is 121. The van der Waals surface area contributed by atoms with E-state index in [4.69, 9.17) is 94.7 Å². The standard InChI is InChI=1S/C73H119N13O30S2/c1-52(87)75-61-63(91)66(94)70(3,115-68(61)96)44-106-33-30-103-27-24-100-21-18-97-15-12-84-38-54(78-81-84)41-109-45-71(77-58(90)9-5-4-8-36-117-118-59-10-6-7-11-74-59,46-110-42-55-39-85(82-79-55)13-16-98-19-22-101-25-28-104-31-34-107-48-72-50-112-60(114-72)37-57(89)65(72)93)47-111-43-56-40-86(83-80-56)14-17-99-20-23-102-26-29-105-32-35-108-49-73-51-113-69(116-73)62(76-53(2)88)64(92)67(73)95/h6-7,10-11,38-40,57,60-69,89,91-96H,4-5,8-9,12-37,41-51H2,1-3H3,(H,75,87)(H,76,88)(H,77,90). The highest BCUT2D eigenvalue weighted by molar-refractivity contribution is 8.76. The van der Waals surface area contributed by atoms with Crippen LogP contribution >= 0.6 is 21.6 Å². The molecule has 15 unspecified atom stereocenters. The van der Waals surface area contributed by atoms with E-state index in [2.05, 4.69) is 51.9 Å². The molecule has 5 aliphatic rings. The number of unbranched alkanes of at least 4 members (excludes halogenated alkanes) is 2. The predicted molar refractivity (Wildman–Crippen MR) is 409 cm³/mol. The molecule has 3 amide bonds. The third-order valence-electron chi connectivity index (χ3n) is 19.1. The van der Waals surface area contributed by atoms with E-state index in [9.17, 15) is 50.1 Å². The molecule has 10 N–H and O–H groups in total. The number of rotatable bonds is 65. The maximum atomic E-state index is 14.2. The Labute approximate surface area is 691 Å². The molecule has 0 spiro atoms. The lowest BCUT2D eigenvalue weighted by atomic mass is 9.87. The molecule has 0 aliphatic carbocycles. The summed E-state index contributed by atoms with van der Waals surface area (Å²) in [6, 6.07) is 3.70. The topological polar surface area (TPSA) is 519 Å². The number of nitrogens with one attached hydrogen (secondary N) is 3. The monoisotopic (exact) mass is 1720 g/mol. The minimum Gasteiger partial charge on any atom is -0.390 e. The first-order valence-electron chi connectivity index (χ1n) is 39.7. The molecule has 5 saturated heterocycles. The van der Waals surface area contributed by atoms with Gasteiger partial charge < -0.3 is 146 Å². The molecule has 118 heavy (non-hydrogen) atoms. The van der Waals surface area contributed by atoms with Crippen molar-refractivity contribution < 1.29 is 145 Å². The van der Waals surface area contributed by atoms with Gasteiger partial charge in [0.25, 0.3) is 0 Å². The molecule has 4 bridgehead atoms. The van der Waals surface area contributed by atoms with Gasteiger partial charge >= 0.3 is 0 Å². The highest BCUT2D eigenvalue weighted by atomic mass is 33.1. The molecule has 9 heterocycles. The summed E-state index contributed by atoms with van der Waals surface area (Å²) in [4.78, 5) is 41.6. The molecule has 9 rings (SSSR count). The maximum Gasteiger partial charge on any atom is 0.220 e. The molecule has 0 radical (unpaired) electrons. The molecule has 45 heteroatoms. The van der Waals surface area contributed by atoms with Gasteiger partial charge in [-0.05, 0) is 42.7 Å². The van der Waals surface area contributed by atoms with Crippen LogP contribution in [0.2, 0.25) is 0 Å². The first kappa shape index (κ1) is 96.4. The normalized spacial score (nSPS) is 26.0. The molecule has 0 aromatic carbocycles. The molecular weight excluding hydrogens is 1600 g/mol. The Bertz CT molecular complexity index is 3450. The minimum atomic E-state index is -1.56. The van der Waals surface area contributed by atoms with Crippen molar-refractivity contribution in [2.45, 2.75) is 187 Å². The Hall–Kier alpha value is -5.40. The van der Waals surface area contributed by atoms with E-state index >= 15 is 0 Å². The van der Waals surface area contributed by atoms with Crippen molar-refractivity contribution in [2.24, 2.45) is 0 Å². The molecule has 15 atom stereocenters. The van der Waals surface area contributed by atoms with E-state index in [1.54, 1.807) is 60.4 Å². The van der Waals surface area contributed by atoms with Crippen molar-refractivity contribution in [3.63, 3.8) is 0 Å². The molecule has 5 aliphatic heterocycles. The van der Waals surface area contributed by atoms with Gasteiger partial charge in [0, 0.05) is 38.6 Å². The second-order valence-corrected chi connectivity index (χ2v) is 31.4. The molecule has 4 aromatic rings. The van der Waals surface area contributed by atoms with Crippen LogP contribution in [0.3, 0.4) is 0 Å². The van der Waals surface area contributed by atoms with Gasteiger partial charge in [-0.2, -0.15) is 0 Å². The Morgan fingerprint density at radius 2 is 0.949 bits per heavy atom. The molecule has 5 fully saturated rings. The minimum absolute atomic E-state index is 0.00942. The fraction of sp³-hybridized carbons (Fsp3) is 0.808. The van der Waals surface area contributed by atoms with E-state index in [1.165, 1.54) is 20.8 Å². The van der Waals surface area contributed by atoms with Gasteiger partial charge in [-0.3, -0.25) is 14.4 Å². The third-order valence-corrected chi connectivity index (χ3v) is 21.5. The number of aliphatic hydroxyl groups excluding tert-OH is 7. The number of carbonyl (C=O) groups excluding carboxylic acids is 3. The molecular formula is C73H119N13O30S2. The van der Waals surface area contributed by atoms with Crippen LogP contribution in [0.15, 0.2) is 48.0 Å². The lowest BCUT2D eigenvalue weighted by molar-refractivity contribution is -0.297. The van der Waals surface area contributed by atoms with Crippen LogP contribution in [0.1, 0.15) is 70.0 Å². The number of carbonyl (C=O) groups is 3. The third kappa shape index (κ3) is 32.7. The number of hydrogen-bond acceptors (Lipinski definition) is 39. The van der Waals surface area contributed by atoms with Crippen molar-refractivity contribution in [2.75, 3.05) is 197 Å². The van der Waals surface area contributed by atoms with Crippen LogP contribution in [-0.4, -0.2) is 391 Å². The van der Waals surface area contributed by atoms with Gasteiger partial charge in [0.2, 0.25) is 17.7 Å². The number of amides is 3. The Balaban J connectivity index is 0.693. The van der Waals surface area contributed by atoms with E-state index in [-0.39, 0.29) is 144 Å². The Morgan fingerprint density at radius 3 is 1.42 bits per heavy atom. The van der Waals surface area contributed by atoms with Gasteiger partial charge in [0.05, 0.1) is 256 Å². The number of aliphatic hydroxyl groups is 7. The zero-order chi connectivity index (χ0) is 83.7. The number of aromatic nitrogens is 10. The summed E-state index contributed by atoms with van der Waals surface area (Å²) in [5.74, 6) is -0.239. The number of nitrogens with zero attached hydrogens (tertiary/aromatic N) is 10. The summed E-state index contributed by atoms with van der Waals surface area (Å²) in [6.45, 7) is 11.0. The molecule has 668 valence electrons. The van der Waals surface area contributed by atoms with E-state index in [0.29, 0.717) is 136 Å². The smallest absolute Gasteiger partial charge is 0.220 e. The van der Waals surface area contributed by atoms with Crippen LogP contribution in [0.5, 0.6) is 0 Å². The summed E-state index contributed by atoms with van der Waals surface area (Å²) in [5, 5.41) is 108. The van der Waals surface area contributed by atoms with Crippen molar-refractivity contribution in [3.8, 4) is 0 Å². The van der Waals surface area contributed by atoms with Crippen molar-refractivity contribution >= 4 is 39.3 Å². The second-order valence-electron chi connectivity index (χ2n) is 29.0. The maximum absolute atomic E-state index is 14.2.